The summed E-state index contributed by atoms with van der Waals surface area (Å²) in [5.74, 6) is 0.399. The highest BCUT2D eigenvalue weighted by molar-refractivity contribution is 6.30. The molecule has 3 rings (SSSR count). The molecule has 0 spiro atoms. The van der Waals surface area contributed by atoms with Crippen LogP contribution in [0.4, 0.5) is 5.82 Å². The SMILES string of the molecule is Nc1nc2ccccc2cc1Cn1cc(Cl)cnc1=O. The molecule has 2 heterocycles. The van der Waals surface area contributed by atoms with Gasteiger partial charge in [-0.2, -0.15) is 0 Å². The molecule has 0 atom stereocenters. The predicted octanol–water partition coefficient (Wildman–Crippen LogP) is 2.08. The van der Waals surface area contributed by atoms with E-state index in [-0.39, 0.29) is 12.2 Å². The molecule has 6 heteroatoms. The van der Waals surface area contributed by atoms with Gasteiger partial charge in [-0.15, -0.1) is 0 Å². The average molecular weight is 287 g/mol. The van der Waals surface area contributed by atoms with E-state index in [1.54, 1.807) is 0 Å². The first-order valence-corrected chi connectivity index (χ1v) is 6.37. The number of rotatable bonds is 2. The second-order valence-electron chi connectivity index (χ2n) is 4.41. The fourth-order valence-corrected chi connectivity index (χ4v) is 2.19. The maximum Gasteiger partial charge on any atom is 0.347 e. The van der Waals surface area contributed by atoms with E-state index in [0.717, 1.165) is 16.5 Å². The first-order valence-electron chi connectivity index (χ1n) is 5.99. The van der Waals surface area contributed by atoms with Crippen molar-refractivity contribution in [2.45, 2.75) is 6.54 Å². The summed E-state index contributed by atoms with van der Waals surface area (Å²) < 4.78 is 1.41. The van der Waals surface area contributed by atoms with Crippen LogP contribution >= 0.6 is 11.6 Å². The molecule has 0 saturated carbocycles. The minimum atomic E-state index is -0.373. The lowest BCUT2D eigenvalue weighted by molar-refractivity contribution is 0.727. The second-order valence-corrected chi connectivity index (χ2v) is 4.84. The summed E-state index contributed by atoms with van der Waals surface area (Å²) in [5, 5.41) is 1.37. The molecular formula is C14H11ClN4O. The first kappa shape index (κ1) is 12.6. The lowest BCUT2D eigenvalue weighted by Gasteiger charge is -2.09. The Hall–Kier alpha value is -2.40. The number of fused-ring (bicyclic) bond motifs is 1. The predicted molar refractivity (Wildman–Crippen MR) is 78.8 cm³/mol. The van der Waals surface area contributed by atoms with Gasteiger partial charge in [0.2, 0.25) is 0 Å². The van der Waals surface area contributed by atoms with Crippen molar-refractivity contribution in [3.8, 4) is 0 Å². The molecule has 0 fully saturated rings. The summed E-state index contributed by atoms with van der Waals surface area (Å²) in [6.07, 6.45) is 2.86. The van der Waals surface area contributed by atoms with Crippen molar-refractivity contribution in [3.05, 3.63) is 63.8 Å². The number of nitrogens with two attached hydrogens (primary N) is 1. The van der Waals surface area contributed by atoms with E-state index in [9.17, 15) is 4.79 Å². The Morgan fingerprint density at radius 2 is 2.10 bits per heavy atom. The highest BCUT2D eigenvalue weighted by atomic mass is 35.5. The number of anilines is 1. The zero-order chi connectivity index (χ0) is 14.1. The zero-order valence-corrected chi connectivity index (χ0v) is 11.2. The highest BCUT2D eigenvalue weighted by Crippen LogP contribution is 2.19. The van der Waals surface area contributed by atoms with Crippen LogP contribution in [0.25, 0.3) is 10.9 Å². The molecule has 0 saturated heterocycles. The van der Waals surface area contributed by atoms with Gasteiger partial charge in [-0.05, 0) is 12.1 Å². The van der Waals surface area contributed by atoms with Gasteiger partial charge in [0.25, 0.3) is 0 Å². The summed E-state index contributed by atoms with van der Waals surface area (Å²) in [7, 11) is 0. The Morgan fingerprint density at radius 1 is 1.30 bits per heavy atom. The number of pyridine rings is 1. The summed E-state index contributed by atoms with van der Waals surface area (Å²) >= 11 is 5.85. The van der Waals surface area contributed by atoms with Crippen LogP contribution in [0.3, 0.4) is 0 Å². The third kappa shape index (κ3) is 2.35. The summed E-state index contributed by atoms with van der Waals surface area (Å²) in [6.45, 7) is 0.288. The van der Waals surface area contributed by atoms with Crippen molar-refractivity contribution in [1.82, 2.24) is 14.5 Å². The molecule has 0 aliphatic carbocycles. The molecule has 2 N–H and O–H groups in total. The van der Waals surface area contributed by atoms with Crippen LogP contribution in [-0.2, 0) is 6.54 Å². The summed E-state index contributed by atoms with van der Waals surface area (Å²) in [4.78, 5) is 19.7. The van der Waals surface area contributed by atoms with Crippen LogP contribution in [0, 0.1) is 0 Å². The molecule has 0 radical (unpaired) electrons. The molecule has 0 unspecified atom stereocenters. The van der Waals surface area contributed by atoms with Gasteiger partial charge in [0, 0.05) is 17.1 Å². The van der Waals surface area contributed by atoms with Crippen molar-refractivity contribution in [1.29, 1.82) is 0 Å². The van der Waals surface area contributed by atoms with E-state index in [4.69, 9.17) is 17.3 Å². The van der Waals surface area contributed by atoms with Gasteiger partial charge < -0.3 is 5.73 Å². The zero-order valence-electron chi connectivity index (χ0n) is 10.5. The number of hydrogen-bond donors (Lipinski definition) is 1. The van der Waals surface area contributed by atoms with Crippen LogP contribution in [0.2, 0.25) is 5.02 Å². The fourth-order valence-electron chi connectivity index (χ4n) is 2.03. The van der Waals surface area contributed by atoms with E-state index < -0.39 is 0 Å². The number of halogens is 1. The Morgan fingerprint density at radius 3 is 2.95 bits per heavy atom. The molecule has 0 amide bonds. The number of hydrogen-bond acceptors (Lipinski definition) is 4. The third-order valence-corrected chi connectivity index (χ3v) is 3.20. The molecule has 0 bridgehead atoms. The maximum absolute atomic E-state index is 11.7. The van der Waals surface area contributed by atoms with Crippen molar-refractivity contribution in [2.24, 2.45) is 0 Å². The number of nitrogen functional groups attached to an aromatic ring is 1. The maximum atomic E-state index is 11.7. The number of para-hydroxylation sites is 1. The monoisotopic (exact) mass is 286 g/mol. The van der Waals surface area contributed by atoms with E-state index >= 15 is 0 Å². The van der Waals surface area contributed by atoms with E-state index in [1.165, 1.54) is 17.0 Å². The molecule has 100 valence electrons. The van der Waals surface area contributed by atoms with Crippen molar-refractivity contribution < 1.29 is 0 Å². The molecule has 20 heavy (non-hydrogen) atoms. The lowest BCUT2D eigenvalue weighted by Crippen LogP contribution is -2.23. The van der Waals surface area contributed by atoms with Crippen molar-refractivity contribution in [3.63, 3.8) is 0 Å². The van der Waals surface area contributed by atoms with Crippen LogP contribution < -0.4 is 11.4 Å². The van der Waals surface area contributed by atoms with Crippen molar-refractivity contribution in [2.75, 3.05) is 5.73 Å². The van der Waals surface area contributed by atoms with E-state index in [2.05, 4.69) is 9.97 Å². The van der Waals surface area contributed by atoms with Gasteiger partial charge in [0.15, 0.2) is 0 Å². The first-order chi connectivity index (χ1) is 9.63. The summed E-state index contributed by atoms with van der Waals surface area (Å²) in [6, 6.07) is 9.59. The van der Waals surface area contributed by atoms with Crippen LogP contribution in [0.5, 0.6) is 0 Å². The second kappa shape index (κ2) is 4.94. The van der Waals surface area contributed by atoms with Gasteiger partial charge in [-0.25, -0.2) is 14.8 Å². The number of nitrogens with zero attached hydrogens (tertiary/aromatic N) is 3. The van der Waals surface area contributed by atoms with E-state index in [0.29, 0.717) is 10.8 Å². The van der Waals surface area contributed by atoms with Gasteiger partial charge in [0.05, 0.1) is 23.3 Å². The molecular weight excluding hydrogens is 276 g/mol. The standard InChI is InChI=1S/C14H11ClN4O/c15-11-6-17-14(20)19(8-11)7-10-5-9-3-1-2-4-12(9)18-13(10)16/h1-6,8H,7H2,(H2,16,18). The quantitative estimate of drug-likeness (QED) is 0.783. The topological polar surface area (TPSA) is 73.8 Å². The van der Waals surface area contributed by atoms with Gasteiger partial charge in [0.1, 0.15) is 5.82 Å². The average Bonchev–Trinajstić information content (AvgIpc) is 2.43. The van der Waals surface area contributed by atoms with Crippen LogP contribution in [-0.4, -0.2) is 14.5 Å². The van der Waals surface area contributed by atoms with E-state index in [1.807, 2.05) is 30.3 Å². The largest absolute Gasteiger partial charge is 0.383 e. The minimum absolute atomic E-state index is 0.288. The third-order valence-electron chi connectivity index (χ3n) is 3.00. The Labute approximate surface area is 119 Å². The minimum Gasteiger partial charge on any atom is -0.383 e. The molecule has 1 aromatic carbocycles. The van der Waals surface area contributed by atoms with Crippen LogP contribution in [0.15, 0.2) is 47.5 Å². The Balaban J connectivity index is 2.08. The normalized spacial score (nSPS) is 10.8. The number of aromatic nitrogens is 3. The van der Waals surface area contributed by atoms with Crippen molar-refractivity contribution >= 4 is 28.3 Å². The van der Waals surface area contributed by atoms with Gasteiger partial charge in [-0.1, -0.05) is 29.8 Å². The van der Waals surface area contributed by atoms with Crippen LogP contribution in [0.1, 0.15) is 5.56 Å². The molecule has 3 aromatic rings. The molecule has 0 aliphatic rings. The molecule has 0 aliphatic heterocycles. The Bertz CT molecular complexity index is 844. The smallest absolute Gasteiger partial charge is 0.347 e. The lowest BCUT2D eigenvalue weighted by atomic mass is 10.1. The van der Waals surface area contributed by atoms with Gasteiger partial charge >= 0.3 is 5.69 Å². The summed E-state index contributed by atoms with van der Waals surface area (Å²) in [5.41, 5.74) is 7.15. The number of benzene rings is 1. The molecule has 2 aromatic heterocycles. The Kier molecular flexibility index (Phi) is 3.12. The fraction of sp³-hybridized carbons (Fsp3) is 0.0714. The highest BCUT2D eigenvalue weighted by Gasteiger charge is 2.06. The molecule has 5 nitrogen and oxygen atoms in total. The van der Waals surface area contributed by atoms with Gasteiger partial charge in [-0.3, -0.25) is 4.57 Å².